The Morgan fingerprint density at radius 1 is 0.723 bits per heavy atom. The molecule has 1 unspecified atom stereocenters. The molecule has 0 aliphatic carbocycles. The highest BCUT2D eigenvalue weighted by Crippen LogP contribution is 2.36. The zero-order valence-corrected chi connectivity index (χ0v) is 47.9. The topological polar surface area (TPSA) is 278 Å². The minimum atomic E-state index is -1.09. The number of piperidine rings is 1. The van der Waals surface area contributed by atoms with E-state index in [1.54, 1.807) is 17.0 Å². The third-order valence-electron chi connectivity index (χ3n) is 15.7. The van der Waals surface area contributed by atoms with Gasteiger partial charge in [-0.15, -0.1) is 0 Å². The van der Waals surface area contributed by atoms with Crippen LogP contribution in [0.15, 0.2) is 65.5 Å². The summed E-state index contributed by atoms with van der Waals surface area (Å²) in [5, 5.41) is 13.6. The molecule has 0 bridgehead atoms. The van der Waals surface area contributed by atoms with Crippen molar-refractivity contribution in [1.29, 1.82) is 0 Å². The number of benzene rings is 3. The summed E-state index contributed by atoms with van der Waals surface area (Å²) in [5.41, 5.74) is 7.32. The van der Waals surface area contributed by atoms with Crippen molar-refractivity contribution >= 4 is 64.5 Å². The summed E-state index contributed by atoms with van der Waals surface area (Å²) < 4.78 is 11.5. The molecular formula is C61H76N10O12. The number of nitrogens with one attached hydrogen (secondary N) is 6. The number of aromatic amines is 1. The first kappa shape index (κ1) is 60.7. The average Bonchev–Trinajstić information content (AvgIpc) is 3.30. The smallest absolute Gasteiger partial charge is 0.266 e. The number of carbonyl (C=O) groups is 9. The fraction of sp³-hybridized carbons (Fsp3) is 0.475. The number of piperazine rings is 1. The Morgan fingerprint density at radius 2 is 1.39 bits per heavy atom. The Bertz CT molecular complexity index is 3150. The van der Waals surface area contributed by atoms with Crippen LogP contribution in [0.1, 0.15) is 131 Å². The summed E-state index contributed by atoms with van der Waals surface area (Å²) in [6, 6.07) is 18.0. The fourth-order valence-electron chi connectivity index (χ4n) is 11.1. The van der Waals surface area contributed by atoms with Crippen molar-refractivity contribution < 1.29 is 52.6 Å². The Labute approximate surface area is 482 Å². The van der Waals surface area contributed by atoms with Crippen LogP contribution in [0.25, 0.3) is 11.1 Å². The van der Waals surface area contributed by atoms with E-state index < -0.39 is 29.7 Å². The number of fused-ring (bicyclic) bond motifs is 1. The minimum Gasteiger partial charge on any atom is -0.493 e. The summed E-state index contributed by atoms with van der Waals surface area (Å²) in [5.74, 6) is -3.30. The first-order valence-electron chi connectivity index (χ1n) is 28.9. The van der Waals surface area contributed by atoms with Crippen LogP contribution in [0, 0.1) is 20.8 Å². The van der Waals surface area contributed by atoms with Gasteiger partial charge in [-0.3, -0.25) is 58.2 Å². The highest BCUT2D eigenvalue weighted by molar-refractivity contribution is 6.24. The van der Waals surface area contributed by atoms with Gasteiger partial charge in [0.15, 0.2) is 0 Å². The van der Waals surface area contributed by atoms with Crippen molar-refractivity contribution in [2.75, 3.05) is 82.0 Å². The van der Waals surface area contributed by atoms with Crippen LogP contribution < -0.4 is 46.7 Å². The van der Waals surface area contributed by atoms with Crippen LogP contribution in [0.3, 0.4) is 0 Å². The lowest BCUT2D eigenvalue weighted by molar-refractivity contribution is -0.136. The number of hydrogen-bond donors (Lipinski definition) is 6. The van der Waals surface area contributed by atoms with E-state index in [2.05, 4.69) is 78.6 Å². The monoisotopic (exact) mass is 1140 g/mol. The van der Waals surface area contributed by atoms with Crippen molar-refractivity contribution in [2.24, 2.45) is 0 Å². The standard InChI is InChI=1S/C61H76N10O12/c1-5-70(44-22-32-82-33-23-44)49-36-42(35-46(40(49)4)57(77)65-37-47-38(2)34-39(3)66-58(47)78)41-14-16-43(17-15-41)68-27-29-69(30-28-68)55(76)21-20-53(74)63-25-8-12-51(72)62-24-7-13-52(73)64-26-9-31-83-50-11-6-10-45-56(50)61(81)71(60(45)80)48-18-19-54(75)67-59(48)79/h6,10-11,14-17,34-36,44,48H,5,7-9,12-13,18-33,37H2,1-4H3,(H,62,72)(H,63,74)(H,64,73)(H,65,77)(H,66,78)(H,67,75,79). The van der Waals surface area contributed by atoms with Crippen LogP contribution in [-0.2, 0) is 40.0 Å². The van der Waals surface area contributed by atoms with Crippen molar-refractivity contribution in [2.45, 2.75) is 117 Å². The summed E-state index contributed by atoms with van der Waals surface area (Å²) >= 11 is 0. The molecule has 4 aliphatic rings. The van der Waals surface area contributed by atoms with Gasteiger partial charge in [-0.25, -0.2) is 0 Å². The molecule has 0 spiro atoms. The number of H-pyrrole nitrogens is 1. The number of hydrogen-bond acceptors (Lipinski definition) is 14. The molecule has 1 atom stereocenters. The largest absolute Gasteiger partial charge is 0.493 e. The Balaban J connectivity index is 0.698. The van der Waals surface area contributed by atoms with E-state index in [9.17, 15) is 47.9 Å². The minimum absolute atomic E-state index is 0.0136. The van der Waals surface area contributed by atoms with Crippen molar-refractivity contribution in [3.05, 3.63) is 110 Å². The highest BCUT2D eigenvalue weighted by Gasteiger charge is 2.46. The predicted molar refractivity (Wildman–Crippen MR) is 310 cm³/mol. The normalized spacial score (nSPS) is 16.3. The number of amides is 9. The van der Waals surface area contributed by atoms with Gasteiger partial charge in [-0.1, -0.05) is 18.2 Å². The molecule has 8 rings (SSSR count). The average molecular weight is 1140 g/mol. The van der Waals surface area contributed by atoms with Crippen molar-refractivity contribution in [3.8, 4) is 16.9 Å². The Hall–Kier alpha value is -8.40. The molecule has 442 valence electrons. The fourth-order valence-corrected chi connectivity index (χ4v) is 11.1. The molecule has 3 aromatic carbocycles. The molecule has 4 aliphatic heterocycles. The van der Waals surface area contributed by atoms with E-state index in [1.165, 1.54) is 6.07 Å². The number of pyridine rings is 1. The number of anilines is 2. The summed E-state index contributed by atoms with van der Waals surface area (Å²) in [6.45, 7) is 13.3. The van der Waals surface area contributed by atoms with E-state index in [0.29, 0.717) is 76.3 Å². The molecule has 9 amide bonds. The molecule has 4 aromatic rings. The summed E-state index contributed by atoms with van der Waals surface area (Å²) in [4.78, 5) is 138. The van der Waals surface area contributed by atoms with E-state index in [0.717, 1.165) is 63.6 Å². The van der Waals surface area contributed by atoms with Crippen LogP contribution in [0.2, 0.25) is 0 Å². The lowest BCUT2D eigenvalue weighted by Crippen LogP contribution is -2.54. The predicted octanol–water partition coefficient (Wildman–Crippen LogP) is 4.11. The van der Waals surface area contributed by atoms with Crippen LogP contribution in [0.4, 0.5) is 11.4 Å². The number of aryl methyl sites for hydroxylation is 2. The number of ether oxygens (including phenoxy) is 2. The third-order valence-corrected chi connectivity index (χ3v) is 15.7. The van der Waals surface area contributed by atoms with Gasteiger partial charge in [0.2, 0.25) is 35.4 Å². The maximum atomic E-state index is 14.0. The molecule has 22 nitrogen and oxygen atoms in total. The number of carbonyl (C=O) groups excluding carboxylic acids is 9. The zero-order valence-electron chi connectivity index (χ0n) is 47.9. The van der Waals surface area contributed by atoms with Gasteiger partial charge in [-0.2, -0.15) is 0 Å². The summed E-state index contributed by atoms with van der Waals surface area (Å²) in [7, 11) is 0. The lowest BCUT2D eigenvalue weighted by atomic mass is 9.95. The maximum Gasteiger partial charge on any atom is 0.266 e. The number of aromatic nitrogens is 1. The molecule has 3 saturated heterocycles. The molecule has 0 saturated carbocycles. The molecule has 1 aromatic heterocycles. The van der Waals surface area contributed by atoms with Crippen LogP contribution >= 0.6 is 0 Å². The van der Waals surface area contributed by atoms with Gasteiger partial charge < -0.3 is 50.4 Å². The van der Waals surface area contributed by atoms with Gasteiger partial charge >= 0.3 is 0 Å². The lowest BCUT2D eigenvalue weighted by Gasteiger charge is -2.37. The van der Waals surface area contributed by atoms with Gasteiger partial charge in [0.05, 0.1) is 17.7 Å². The molecule has 6 N–H and O–H groups in total. The van der Waals surface area contributed by atoms with Crippen LogP contribution in [-0.4, -0.2) is 152 Å². The second-order valence-electron chi connectivity index (χ2n) is 21.4. The summed E-state index contributed by atoms with van der Waals surface area (Å²) in [6.07, 6.45) is 3.52. The van der Waals surface area contributed by atoms with Gasteiger partial charge in [0.25, 0.3) is 23.3 Å². The van der Waals surface area contributed by atoms with Crippen LogP contribution in [0.5, 0.6) is 5.75 Å². The first-order chi connectivity index (χ1) is 40.0. The van der Waals surface area contributed by atoms with Gasteiger partial charge in [0, 0.05) is 138 Å². The van der Waals surface area contributed by atoms with E-state index in [4.69, 9.17) is 9.47 Å². The van der Waals surface area contributed by atoms with E-state index >= 15 is 0 Å². The van der Waals surface area contributed by atoms with E-state index in [1.807, 2.05) is 32.9 Å². The molecule has 22 heteroatoms. The highest BCUT2D eigenvalue weighted by atomic mass is 16.5. The quantitative estimate of drug-likeness (QED) is 0.0403. The van der Waals surface area contributed by atoms with Crippen molar-refractivity contribution in [1.82, 2.24) is 41.4 Å². The molecule has 3 fully saturated rings. The Morgan fingerprint density at radius 3 is 2.04 bits per heavy atom. The SMILES string of the molecule is CCN(c1cc(-c2ccc(N3CCN(C(=O)CCC(=O)NCCCC(=O)NCCCC(=O)NCCCOc4cccc5c4C(=O)N(C4CCC(=O)NC4=O)C5=O)CC3)cc2)cc(C(=O)NCc2c(C)cc(C)[nH]c2=O)c1C)C1CCOCC1. The van der Waals surface area contributed by atoms with Gasteiger partial charge in [0.1, 0.15) is 11.8 Å². The number of nitrogens with zero attached hydrogens (tertiary/aromatic N) is 4. The molecule has 83 heavy (non-hydrogen) atoms. The molecular weight excluding hydrogens is 1060 g/mol. The molecule has 0 radical (unpaired) electrons. The second-order valence-corrected chi connectivity index (χ2v) is 21.4. The number of rotatable bonds is 25. The zero-order chi connectivity index (χ0) is 59.2. The molecule has 5 heterocycles. The van der Waals surface area contributed by atoms with Gasteiger partial charge in [-0.05, 0) is 131 Å². The second kappa shape index (κ2) is 28.5. The maximum absolute atomic E-state index is 14.0. The third kappa shape index (κ3) is 15.4. The first-order valence-corrected chi connectivity index (χ1v) is 28.9. The van der Waals surface area contributed by atoms with E-state index in [-0.39, 0.29) is 123 Å². The number of imide groups is 2. The van der Waals surface area contributed by atoms with Crippen molar-refractivity contribution in [3.63, 3.8) is 0 Å². The Kier molecular flexibility index (Phi) is 20.9.